The normalized spacial score (nSPS) is 18.0. The predicted molar refractivity (Wildman–Crippen MR) is 102 cm³/mol. The second-order valence-electron chi connectivity index (χ2n) is 6.64. The van der Waals surface area contributed by atoms with Gasteiger partial charge in [-0.1, -0.05) is 23.7 Å². The van der Waals surface area contributed by atoms with E-state index in [-0.39, 0.29) is 18.0 Å². The summed E-state index contributed by atoms with van der Waals surface area (Å²) in [5.41, 5.74) is -0.292. The molecule has 0 saturated carbocycles. The summed E-state index contributed by atoms with van der Waals surface area (Å²) in [5, 5.41) is 3.01. The van der Waals surface area contributed by atoms with E-state index in [4.69, 9.17) is 11.6 Å². The summed E-state index contributed by atoms with van der Waals surface area (Å²) in [6.07, 6.45) is -3.53. The van der Waals surface area contributed by atoms with Crippen molar-refractivity contribution in [2.24, 2.45) is 0 Å². The molecule has 1 atom stereocenters. The molecule has 2 aromatic rings. The first kappa shape index (κ1) is 21.6. The minimum Gasteiger partial charge on any atom is -0.351 e. The van der Waals surface area contributed by atoms with E-state index in [2.05, 4.69) is 5.32 Å². The van der Waals surface area contributed by atoms with E-state index in [1.54, 1.807) is 0 Å². The van der Waals surface area contributed by atoms with Gasteiger partial charge in [-0.3, -0.25) is 4.79 Å². The van der Waals surface area contributed by atoms with Crippen LogP contribution in [0.5, 0.6) is 0 Å². The molecule has 1 saturated heterocycles. The molecule has 0 unspecified atom stereocenters. The molecule has 2 aromatic carbocycles. The van der Waals surface area contributed by atoms with Crippen molar-refractivity contribution in [2.75, 3.05) is 6.54 Å². The Morgan fingerprint density at radius 3 is 2.31 bits per heavy atom. The van der Waals surface area contributed by atoms with Crippen molar-refractivity contribution in [3.05, 3.63) is 64.7 Å². The summed E-state index contributed by atoms with van der Waals surface area (Å²) < 4.78 is 64.7. The summed E-state index contributed by atoms with van der Waals surface area (Å²) >= 11 is 5.80. The van der Waals surface area contributed by atoms with Crippen LogP contribution in [0.15, 0.2) is 53.4 Å². The first-order valence-electron chi connectivity index (χ1n) is 8.80. The van der Waals surface area contributed by atoms with Crippen LogP contribution in [-0.2, 0) is 27.5 Å². The van der Waals surface area contributed by atoms with Gasteiger partial charge >= 0.3 is 6.18 Å². The fourth-order valence-electron chi connectivity index (χ4n) is 3.15. The third-order valence-electron chi connectivity index (χ3n) is 4.67. The van der Waals surface area contributed by atoms with Crippen molar-refractivity contribution >= 4 is 27.5 Å². The van der Waals surface area contributed by atoms with E-state index >= 15 is 0 Å². The number of carbonyl (C=O) groups excluding carboxylic acids is 1. The van der Waals surface area contributed by atoms with Crippen molar-refractivity contribution in [2.45, 2.75) is 36.5 Å². The molecule has 1 heterocycles. The highest BCUT2D eigenvalue weighted by Gasteiger charge is 2.39. The van der Waals surface area contributed by atoms with Gasteiger partial charge in [0.2, 0.25) is 15.9 Å². The Balaban J connectivity index is 1.68. The molecule has 29 heavy (non-hydrogen) atoms. The van der Waals surface area contributed by atoms with Crippen molar-refractivity contribution in [1.29, 1.82) is 0 Å². The third-order valence-corrected chi connectivity index (χ3v) is 6.85. The van der Waals surface area contributed by atoms with Gasteiger partial charge < -0.3 is 5.32 Å². The van der Waals surface area contributed by atoms with E-state index in [0.29, 0.717) is 23.4 Å². The van der Waals surface area contributed by atoms with Gasteiger partial charge in [0.1, 0.15) is 6.04 Å². The molecule has 0 bridgehead atoms. The highest BCUT2D eigenvalue weighted by atomic mass is 35.5. The Labute approximate surface area is 171 Å². The zero-order valence-corrected chi connectivity index (χ0v) is 16.7. The number of rotatable bonds is 5. The molecule has 1 aliphatic heterocycles. The maximum absolute atomic E-state index is 12.9. The fourth-order valence-corrected chi connectivity index (χ4v) is 4.93. The van der Waals surface area contributed by atoms with Crippen LogP contribution in [0.4, 0.5) is 13.2 Å². The molecule has 10 heteroatoms. The number of nitrogens with one attached hydrogen (secondary N) is 1. The largest absolute Gasteiger partial charge is 0.416 e. The van der Waals surface area contributed by atoms with Gasteiger partial charge in [-0.05, 0) is 54.8 Å². The number of halogens is 4. The van der Waals surface area contributed by atoms with E-state index < -0.39 is 33.7 Å². The molecular formula is C19H18ClF3N2O3S. The van der Waals surface area contributed by atoms with Crippen LogP contribution in [0.25, 0.3) is 0 Å². The van der Waals surface area contributed by atoms with Crippen LogP contribution in [0.3, 0.4) is 0 Å². The number of sulfonamides is 1. The number of carbonyl (C=O) groups is 1. The van der Waals surface area contributed by atoms with Crippen LogP contribution >= 0.6 is 11.6 Å². The standard InChI is InChI=1S/C19H18ClF3N2O3S/c20-15-7-9-16(10-8-15)29(27,28)25-11-1-2-17(25)18(26)24-12-13-3-5-14(6-4-13)19(21,22)23/h3-10,17H,1-2,11-12H2,(H,24,26)/t17-/m0/s1. The Kier molecular flexibility index (Phi) is 6.21. The van der Waals surface area contributed by atoms with Crippen molar-refractivity contribution in [1.82, 2.24) is 9.62 Å². The van der Waals surface area contributed by atoms with Gasteiger partial charge in [0, 0.05) is 18.1 Å². The fraction of sp³-hybridized carbons (Fsp3) is 0.316. The second kappa shape index (κ2) is 8.33. The molecule has 156 valence electrons. The Hall–Kier alpha value is -2.10. The zero-order chi connectivity index (χ0) is 21.2. The number of alkyl halides is 3. The van der Waals surface area contributed by atoms with Crippen LogP contribution in [0, 0.1) is 0 Å². The van der Waals surface area contributed by atoms with Gasteiger partial charge in [-0.25, -0.2) is 8.42 Å². The molecule has 3 rings (SSSR count). The van der Waals surface area contributed by atoms with Gasteiger partial charge in [0.05, 0.1) is 10.5 Å². The second-order valence-corrected chi connectivity index (χ2v) is 8.97. The van der Waals surface area contributed by atoms with Crippen molar-refractivity contribution < 1.29 is 26.4 Å². The number of nitrogens with zero attached hydrogens (tertiary/aromatic N) is 1. The van der Waals surface area contributed by atoms with Gasteiger partial charge in [-0.2, -0.15) is 17.5 Å². The molecule has 1 aliphatic rings. The van der Waals surface area contributed by atoms with E-state index in [9.17, 15) is 26.4 Å². The van der Waals surface area contributed by atoms with E-state index in [1.807, 2.05) is 0 Å². The summed E-state index contributed by atoms with van der Waals surface area (Å²) in [5.74, 6) is -0.486. The number of benzene rings is 2. The summed E-state index contributed by atoms with van der Waals surface area (Å²) in [4.78, 5) is 12.6. The number of hydrogen-bond donors (Lipinski definition) is 1. The Bertz CT molecular complexity index is 977. The first-order chi connectivity index (χ1) is 13.6. The molecule has 1 amide bonds. The monoisotopic (exact) mass is 446 g/mol. The lowest BCUT2D eigenvalue weighted by Gasteiger charge is -2.23. The van der Waals surface area contributed by atoms with E-state index in [1.165, 1.54) is 36.4 Å². The van der Waals surface area contributed by atoms with Crippen LogP contribution in [-0.4, -0.2) is 31.2 Å². The lowest BCUT2D eigenvalue weighted by atomic mass is 10.1. The maximum Gasteiger partial charge on any atom is 0.416 e. The molecular weight excluding hydrogens is 429 g/mol. The van der Waals surface area contributed by atoms with Crippen LogP contribution in [0.1, 0.15) is 24.0 Å². The Morgan fingerprint density at radius 1 is 1.10 bits per heavy atom. The third kappa shape index (κ3) is 4.91. The molecule has 1 fully saturated rings. The average molecular weight is 447 g/mol. The van der Waals surface area contributed by atoms with Crippen molar-refractivity contribution in [3.63, 3.8) is 0 Å². The van der Waals surface area contributed by atoms with E-state index in [0.717, 1.165) is 16.4 Å². The average Bonchev–Trinajstić information content (AvgIpc) is 3.17. The Morgan fingerprint density at radius 2 is 1.72 bits per heavy atom. The highest BCUT2D eigenvalue weighted by molar-refractivity contribution is 7.89. The SMILES string of the molecule is O=C(NCc1ccc(C(F)(F)F)cc1)[C@@H]1CCCN1S(=O)(=O)c1ccc(Cl)cc1. The zero-order valence-electron chi connectivity index (χ0n) is 15.1. The molecule has 0 radical (unpaired) electrons. The quantitative estimate of drug-likeness (QED) is 0.759. The number of amides is 1. The highest BCUT2D eigenvalue weighted by Crippen LogP contribution is 2.29. The van der Waals surface area contributed by atoms with Gasteiger partial charge in [-0.15, -0.1) is 0 Å². The lowest BCUT2D eigenvalue weighted by Crippen LogP contribution is -2.45. The lowest BCUT2D eigenvalue weighted by molar-refractivity contribution is -0.137. The minimum absolute atomic E-state index is 0.00228. The van der Waals surface area contributed by atoms with Crippen LogP contribution < -0.4 is 5.32 Å². The maximum atomic E-state index is 12.9. The predicted octanol–water partition coefficient (Wildman–Crippen LogP) is 3.83. The van der Waals surface area contributed by atoms with Gasteiger partial charge in [0.25, 0.3) is 0 Å². The van der Waals surface area contributed by atoms with Crippen LogP contribution in [0.2, 0.25) is 5.02 Å². The summed E-state index contributed by atoms with van der Waals surface area (Å²) in [7, 11) is -3.87. The minimum atomic E-state index is -4.43. The number of hydrogen-bond acceptors (Lipinski definition) is 3. The topological polar surface area (TPSA) is 66.5 Å². The first-order valence-corrected chi connectivity index (χ1v) is 10.6. The molecule has 1 N–H and O–H groups in total. The van der Waals surface area contributed by atoms with Gasteiger partial charge in [0.15, 0.2) is 0 Å². The smallest absolute Gasteiger partial charge is 0.351 e. The summed E-state index contributed by atoms with van der Waals surface area (Å²) in [6, 6.07) is 9.25. The van der Waals surface area contributed by atoms with Crippen molar-refractivity contribution in [3.8, 4) is 0 Å². The molecule has 0 aromatic heterocycles. The summed E-state index contributed by atoms with van der Waals surface area (Å²) in [6.45, 7) is 0.214. The molecule has 0 spiro atoms. The molecule has 0 aliphatic carbocycles. The molecule has 5 nitrogen and oxygen atoms in total.